The first kappa shape index (κ1) is 86.8. The largest absolute Gasteiger partial charge is 0.456 e. The fourth-order valence-electron chi connectivity index (χ4n) is 20.7. The second-order valence-corrected chi connectivity index (χ2v) is 37.8. The summed E-state index contributed by atoms with van der Waals surface area (Å²) in [6.45, 7) is 19.2. The van der Waals surface area contributed by atoms with Crippen LogP contribution in [0.15, 0.2) is 89.2 Å². The van der Waals surface area contributed by atoms with E-state index in [1.54, 1.807) is 57.8 Å². The van der Waals surface area contributed by atoms with Crippen LogP contribution in [0.1, 0.15) is 295 Å². The molecule has 5 aromatic heterocycles. The van der Waals surface area contributed by atoms with Gasteiger partial charge in [0.2, 0.25) is 0 Å². The summed E-state index contributed by atoms with van der Waals surface area (Å²) in [7, 11) is 0. The van der Waals surface area contributed by atoms with Crippen molar-refractivity contribution in [2.24, 2.45) is 27.1 Å². The predicted octanol–water partition coefficient (Wildman–Crippen LogP) is 14.1. The molecule has 10 aliphatic carbocycles. The van der Waals surface area contributed by atoms with Gasteiger partial charge in [-0.15, -0.1) is 32.1 Å². The van der Waals surface area contributed by atoms with Crippen LogP contribution >= 0.6 is 0 Å². The number of carbonyl (C=O) groups excluding carboxylic acids is 8. The molecule has 5 saturated carbocycles. The van der Waals surface area contributed by atoms with Crippen molar-refractivity contribution >= 4 is 74.9 Å². The molecule has 3 unspecified atom stereocenters. The molecule has 21 nitrogen and oxygen atoms in total. The predicted molar refractivity (Wildman–Crippen MR) is 477 cm³/mol. The van der Waals surface area contributed by atoms with E-state index >= 15 is 0 Å². The number of rotatable bonds is 12. The van der Waals surface area contributed by atoms with Crippen LogP contribution in [-0.2, 0) is 65.6 Å². The lowest BCUT2D eigenvalue weighted by Crippen LogP contribution is -2.43. The molecule has 0 aromatic carbocycles. The molecule has 0 radical (unpaired) electrons. The molecule has 5 saturated heterocycles. The normalized spacial score (nSPS) is 22.0. The molecule has 5 aromatic rings. The Balaban J connectivity index is 0.000000115. The molecular weight excluding hydrogens is 1570 g/mol. The molecule has 15 aliphatic rings. The van der Waals surface area contributed by atoms with Crippen LogP contribution < -0.4 is 0 Å². The SMILES string of the molecule is C#CC1=C(N2CCC3(CC2)CC3)c2cc(C(=O)CC)ncc2CC1=O.C#CC1=C(N2CCC3(CC2)CC3)c2cc(C(C)=O)ncc2CC1=O.C#CC1=C(N2CCC3(CC2)CC3)c2cc(C(C)O)ncc2CC1=O.C#CC1=C(N2CCC3(CC2)CC3)c2cc(C(C)OC(C)=O)ncc2CC1=O.C#CC1=C(N2CCC3(CCC3)CC2)c2cc(C(C)O)ncc2CC1=O. The Hall–Kier alpha value is -11.7. The number of allylic oxidation sites excluding steroid dienone is 5. The number of piperidine rings is 5. The van der Waals surface area contributed by atoms with E-state index in [0.717, 1.165) is 188 Å². The summed E-state index contributed by atoms with van der Waals surface area (Å²) in [5.74, 6) is 12.7. The Morgan fingerprint density at radius 3 is 0.840 bits per heavy atom. The number of pyridine rings is 5. The highest BCUT2D eigenvalue weighted by Gasteiger charge is 2.50. The van der Waals surface area contributed by atoms with Gasteiger partial charge < -0.3 is 39.4 Å². The number of nitrogens with zero attached hydrogens (tertiary/aromatic N) is 10. The van der Waals surface area contributed by atoms with E-state index in [2.05, 4.69) is 79.0 Å². The van der Waals surface area contributed by atoms with Crippen LogP contribution in [0, 0.1) is 88.8 Å². The van der Waals surface area contributed by atoms with Gasteiger partial charge in [0.1, 0.15) is 17.5 Å². The number of aliphatic hydroxyl groups is 2. The molecule has 125 heavy (non-hydrogen) atoms. The van der Waals surface area contributed by atoms with E-state index in [4.69, 9.17) is 36.9 Å². The van der Waals surface area contributed by atoms with E-state index in [1.165, 1.54) is 110 Å². The van der Waals surface area contributed by atoms with Crippen molar-refractivity contribution in [1.29, 1.82) is 0 Å². The fraction of sp³-hybridized carbons (Fsp3) is 0.490. The number of terminal acetylenes is 5. The molecule has 3 atom stereocenters. The highest BCUT2D eigenvalue weighted by Crippen LogP contribution is 2.59. The highest BCUT2D eigenvalue weighted by molar-refractivity contribution is 6.14. The minimum absolute atomic E-state index is 0.000489. The zero-order valence-electron chi connectivity index (χ0n) is 73.1. The highest BCUT2D eigenvalue weighted by atomic mass is 16.5. The van der Waals surface area contributed by atoms with Crippen molar-refractivity contribution in [3.05, 3.63) is 173 Å². The van der Waals surface area contributed by atoms with Gasteiger partial charge in [0.25, 0.3) is 0 Å². The topological polar surface area (TPSA) is 267 Å². The van der Waals surface area contributed by atoms with Gasteiger partial charge in [-0.2, -0.15) is 0 Å². The van der Waals surface area contributed by atoms with E-state index in [9.17, 15) is 48.6 Å². The summed E-state index contributed by atoms with van der Waals surface area (Å²) < 4.78 is 5.28. The number of aromatic nitrogens is 5. The van der Waals surface area contributed by atoms with Crippen LogP contribution in [0.4, 0.5) is 0 Å². The Morgan fingerprint density at radius 2 is 0.608 bits per heavy atom. The van der Waals surface area contributed by atoms with Crippen molar-refractivity contribution in [3.8, 4) is 61.7 Å². The summed E-state index contributed by atoms with van der Waals surface area (Å²) in [5, 5.41) is 19.8. The number of Topliss-reactive ketones (excluding diaryl/α,β-unsaturated/α-hetero) is 7. The van der Waals surface area contributed by atoms with Crippen molar-refractivity contribution in [1.82, 2.24) is 49.4 Å². The first-order valence-electron chi connectivity index (χ1n) is 45.1. The quantitative estimate of drug-likeness (QED) is 0.0667. The van der Waals surface area contributed by atoms with Crippen molar-refractivity contribution in [2.45, 2.75) is 233 Å². The van der Waals surface area contributed by atoms with Crippen LogP contribution in [0.3, 0.4) is 0 Å². The van der Waals surface area contributed by atoms with Crippen LogP contribution in [0.5, 0.6) is 0 Å². The standard InChI is InChI=1S/C22H24N2O3.C21H24N2O2.C21H22N2O2.C20H22N2O2.C20H20N2O2/c1-4-17-20(26)11-16-13-23-19(14(2)27-15(3)25)12-18(16)21(17)24-9-7-22(5-6-22)8-10-24;1-3-16-19(25)11-15-13-22-18(14(2)24)12-17(15)20(16)23-9-7-21(8-10-23)5-4-6-21;1-3-15-19(25)11-14-13-22-17(18(24)4-2)12-16(14)20(15)23-9-7-21(5-6-21)8-10-23;2*1-3-15-18(24)10-14-12-21-17(13(2)23)11-16(14)19(15)22-8-6-20(4-5-20)7-9-22/h1,12-14H,5-11H2,2-3H3;1,12-14,24H,4-11H2,2H3;1,12-13H,4-11H2,2H3;1,11-13,23H,4-10H2,2H3;1,11-12H,4-10H2,2H3. The number of ether oxygens (including phenoxy) is 1. The fourth-order valence-corrected chi connectivity index (χ4v) is 20.7. The van der Waals surface area contributed by atoms with Gasteiger partial charge in [-0.05, 0) is 234 Å². The van der Waals surface area contributed by atoms with Crippen molar-refractivity contribution in [2.75, 3.05) is 65.4 Å². The second kappa shape index (κ2) is 35.0. The Bertz CT molecular complexity index is 5700. The molecule has 10 heterocycles. The number of fused-ring (bicyclic) bond motifs is 5. The molecular formula is C104H112N10O11. The number of carbonyl (C=O) groups is 8. The van der Waals surface area contributed by atoms with Gasteiger partial charge >= 0.3 is 5.97 Å². The molecule has 0 amide bonds. The minimum atomic E-state index is -0.641. The van der Waals surface area contributed by atoms with Crippen LogP contribution in [0.2, 0.25) is 0 Å². The molecule has 21 heteroatoms. The van der Waals surface area contributed by atoms with Crippen LogP contribution in [0.25, 0.3) is 28.5 Å². The molecule has 0 bridgehead atoms. The third kappa shape index (κ3) is 17.8. The van der Waals surface area contributed by atoms with Crippen molar-refractivity contribution in [3.63, 3.8) is 0 Å². The van der Waals surface area contributed by atoms with Gasteiger partial charge in [-0.25, -0.2) is 0 Å². The molecule has 5 spiro atoms. The molecule has 2 N–H and O–H groups in total. The van der Waals surface area contributed by atoms with E-state index in [1.807, 2.05) is 31.2 Å². The lowest BCUT2D eigenvalue weighted by atomic mass is 9.63. The second-order valence-electron chi connectivity index (χ2n) is 37.8. The summed E-state index contributed by atoms with van der Waals surface area (Å²) in [5.41, 5.74) is 21.4. The average Bonchev–Trinajstić information content (AvgIpc) is 1.63. The molecule has 5 aliphatic heterocycles. The Morgan fingerprint density at radius 1 is 0.368 bits per heavy atom. The monoisotopic (exact) mass is 1680 g/mol. The Kier molecular flexibility index (Phi) is 24.3. The van der Waals surface area contributed by atoms with E-state index < -0.39 is 18.3 Å². The summed E-state index contributed by atoms with van der Waals surface area (Å²) in [6, 6.07) is 9.39. The summed E-state index contributed by atoms with van der Waals surface area (Å²) in [4.78, 5) is 131. The first-order chi connectivity index (χ1) is 60.1. The van der Waals surface area contributed by atoms with Crippen molar-refractivity contribution < 1.29 is 53.3 Å². The molecule has 10 fully saturated rings. The lowest BCUT2D eigenvalue weighted by Gasteiger charge is -2.49. The zero-order chi connectivity index (χ0) is 88.2. The Labute approximate surface area is 734 Å². The van der Waals surface area contributed by atoms with Crippen LogP contribution in [-0.4, -0.2) is 172 Å². The maximum atomic E-state index is 12.6. The number of esters is 1. The third-order valence-corrected chi connectivity index (χ3v) is 29.9. The van der Waals surface area contributed by atoms with Gasteiger partial charge in [-0.1, -0.05) is 42.9 Å². The molecule has 644 valence electrons. The maximum Gasteiger partial charge on any atom is 0.303 e. The number of hydrogen-bond donors (Lipinski definition) is 2. The number of likely N-dealkylation sites (tertiary alicyclic amines) is 5. The summed E-state index contributed by atoms with van der Waals surface area (Å²) in [6.07, 6.45) is 63.4. The zero-order valence-corrected chi connectivity index (χ0v) is 73.1. The van der Waals surface area contributed by atoms with Gasteiger partial charge in [0, 0.05) is 177 Å². The lowest BCUT2D eigenvalue weighted by molar-refractivity contribution is -0.146. The molecule has 20 rings (SSSR count). The third-order valence-electron chi connectivity index (χ3n) is 29.9. The first-order valence-corrected chi connectivity index (χ1v) is 45.1. The number of hydrogen-bond acceptors (Lipinski definition) is 21. The minimum Gasteiger partial charge on any atom is -0.456 e. The average molecular weight is 1680 g/mol. The van der Waals surface area contributed by atoms with Gasteiger partial charge in [0.05, 0.1) is 85.6 Å². The van der Waals surface area contributed by atoms with E-state index in [-0.39, 0.29) is 65.7 Å². The van der Waals surface area contributed by atoms with Gasteiger partial charge in [0.15, 0.2) is 40.5 Å². The number of aliphatic hydroxyl groups excluding tert-OH is 2. The maximum absolute atomic E-state index is 12.6. The van der Waals surface area contributed by atoms with Gasteiger partial charge in [-0.3, -0.25) is 63.3 Å². The smallest absolute Gasteiger partial charge is 0.303 e. The van der Waals surface area contributed by atoms with E-state index in [0.29, 0.717) is 103 Å². The summed E-state index contributed by atoms with van der Waals surface area (Å²) >= 11 is 0. The number of ketones is 7.